The van der Waals surface area contributed by atoms with Crippen LogP contribution in [0.25, 0.3) is 0 Å². The van der Waals surface area contributed by atoms with Gasteiger partial charge in [0.25, 0.3) is 0 Å². The van der Waals surface area contributed by atoms with Crippen molar-refractivity contribution in [2.45, 2.75) is 6.42 Å². The number of nitrogens with one attached hydrogen (secondary N) is 1. The first-order valence-corrected chi connectivity index (χ1v) is 5.76. The number of nitrogens with zero attached hydrogens (tertiary/aromatic N) is 3. The number of amides is 1. The summed E-state index contributed by atoms with van der Waals surface area (Å²) < 4.78 is 0.747. The number of nitrogens with two attached hydrogens (primary N) is 1. The topological polar surface area (TPSA) is 84.1 Å². The highest BCUT2D eigenvalue weighted by Gasteiger charge is 2.18. The van der Waals surface area contributed by atoms with Crippen molar-refractivity contribution in [1.29, 1.82) is 0 Å². The second-order valence-electron chi connectivity index (χ2n) is 3.52. The molecule has 2 heterocycles. The van der Waals surface area contributed by atoms with Crippen molar-refractivity contribution >= 4 is 33.6 Å². The maximum Gasteiger partial charge on any atom is 0.239 e. The third-order valence-corrected chi connectivity index (χ3v) is 2.86. The Balaban J connectivity index is 2.27. The van der Waals surface area contributed by atoms with Gasteiger partial charge in [0, 0.05) is 19.3 Å². The highest BCUT2D eigenvalue weighted by Crippen LogP contribution is 2.23. The van der Waals surface area contributed by atoms with Crippen LogP contribution in [0.5, 0.6) is 0 Å². The molecular formula is C9H12BrN5O. The molecule has 0 aromatic carbocycles. The van der Waals surface area contributed by atoms with Crippen molar-refractivity contribution in [3.05, 3.63) is 10.7 Å². The van der Waals surface area contributed by atoms with E-state index in [1.807, 2.05) is 4.90 Å². The van der Waals surface area contributed by atoms with E-state index in [9.17, 15) is 4.79 Å². The zero-order valence-corrected chi connectivity index (χ0v) is 10.2. The van der Waals surface area contributed by atoms with E-state index in [4.69, 9.17) is 5.73 Å². The molecule has 1 aliphatic heterocycles. The van der Waals surface area contributed by atoms with Gasteiger partial charge in [-0.3, -0.25) is 4.79 Å². The van der Waals surface area contributed by atoms with Gasteiger partial charge in [0.05, 0.1) is 11.0 Å². The van der Waals surface area contributed by atoms with Crippen molar-refractivity contribution < 1.29 is 4.79 Å². The predicted octanol–water partition coefficient (Wildman–Crippen LogP) is 0.148. The Bertz CT molecular complexity index is 411. The molecule has 0 spiro atoms. The summed E-state index contributed by atoms with van der Waals surface area (Å²) in [6.07, 6.45) is 2.49. The van der Waals surface area contributed by atoms with Crippen molar-refractivity contribution in [3.8, 4) is 0 Å². The maximum atomic E-state index is 11.4. The molecule has 2 rings (SSSR count). The van der Waals surface area contributed by atoms with Gasteiger partial charge in [-0.2, -0.15) is 4.98 Å². The minimum Gasteiger partial charge on any atom is -0.368 e. The Morgan fingerprint density at radius 3 is 3.19 bits per heavy atom. The fourth-order valence-corrected chi connectivity index (χ4v) is 2.02. The van der Waals surface area contributed by atoms with Gasteiger partial charge in [-0.25, -0.2) is 4.98 Å². The van der Waals surface area contributed by atoms with Crippen molar-refractivity contribution in [2.75, 3.05) is 30.3 Å². The molecule has 16 heavy (non-hydrogen) atoms. The van der Waals surface area contributed by atoms with Gasteiger partial charge in [0.15, 0.2) is 0 Å². The van der Waals surface area contributed by atoms with E-state index in [2.05, 4.69) is 31.2 Å². The summed E-state index contributed by atoms with van der Waals surface area (Å²) in [5.41, 5.74) is 5.54. The van der Waals surface area contributed by atoms with Crippen LogP contribution >= 0.6 is 15.9 Å². The largest absolute Gasteiger partial charge is 0.368 e. The minimum absolute atomic E-state index is 0.00147. The third kappa shape index (κ3) is 2.41. The second kappa shape index (κ2) is 4.65. The summed E-state index contributed by atoms with van der Waals surface area (Å²) in [5, 5.41) is 2.81. The monoisotopic (exact) mass is 285 g/mol. The molecule has 1 aromatic rings. The minimum atomic E-state index is 0.00147. The molecule has 0 saturated carbocycles. The van der Waals surface area contributed by atoms with Crippen LogP contribution in [-0.2, 0) is 4.79 Å². The zero-order chi connectivity index (χ0) is 11.5. The van der Waals surface area contributed by atoms with E-state index in [1.165, 1.54) is 0 Å². The lowest BCUT2D eigenvalue weighted by molar-refractivity contribution is -0.119. The molecule has 0 atom stereocenters. The molecule has 1 aromatic heterocycles. The Labute approximate surface area is 101 Å². The van der Waals surface area contributed by atoms with Crippen LogP contribution in [0.1, 0.15) is 6.42 Å². The predicted molar refractivity (Wildman–Crippen MR) is 64.0 cm³/mol. The number of nitrogen functional groups attached to an aromatic ring is 1. The molecule has 1 amide bonds. The van der Waals surface area contributed by atoms with Crippen molar-refractivity contribution in [1.82, 2.24) is 15.3 Å². The summed E-state index contributed by atoms with van der Waals surface area (Å²) in [6, 6.07) is 0. The van der Waals surface area contributed by atoms with Crippen LogP contribution in [-0.4, -0.2) is 35.5 Å². The Kier molecular flexibility index (Phi) is 3.23. The molecule has 0 unspecified atom stereocenters. The van der Waals surface area contributed by atoms with Crippen molar-refractivity contribution in [3.63, 3.8) is 0 Å². The molecule has 1 aliphatic rings. The van der Waals surface area contributed by atoms with Gasteiger partial charge in [0.2, 0.25) is 11.9 Å². The first-order valence-electron chi connectivity index (χ1n) is 4.96. The molecule has 0 radical (unpaired) electrons. The van der Waals surface area contributed by atoms with E-state index in [0.29, 0.717) is 18.9 Å². The highest BCUT2D eigenvalue weighted by atomic mass is 79.9. The number of aromatic nitrogens is 2. The van der Waals surface area contributed by atoms with Gasteiger partial charge >= 0.3 is 0 Å². The Morgan fingerprint density at radius 1 is 1.56 bits per heavy atom. The molecular weight excluding hydrogens is 274 g/mol. The standard InChI is InChI=1S/C9H12BrN5O/c10-6-4-13-9(11)14-8(6)15-3-1-2-12-7(16)5-15/h4H,1-3,5H2,(H,12,16)(H2,11,13,14). The summed E-state index contributed by atoms with van der Waals surface area (Å²) in [7, 11) is 0. The molecule has 3 N–H and O–H groups in total. The highest BCUT2D eigenvalue weighted by molar-refractivity contribution is 9.10. The molecule has 0 bridgehead atoms. The lowest BCUT2D eigenvalue weighted by atomic mass is 10.4. The SMILES string of the molecule is Nc1ncc(Br)c(N2CCCNC(=O)C2)n1. The Morgan fingerprint density at radius 2 is 2.38 bits per heavy atom. The summed E-state index contributed by atoms with van der Waals surface area (Å²) in [4.78, 5) is 21.3. The van der Waals surface area contributed by atoms with E-state index < -0.39 is 0 Å². The van der Waals surface area contributed by atoms with Crippen LogP contribution in [0.15, 0.2) is 10.7 Å². The van der Waals surface area contributed by atoms with E-state index >= 15 is 0 Å². The summed E-state index contributed by atoms with van der Waals surface area (Å²) in [5.74, 6) is 0.883. The van der Waals surface area contributed by atoms with Gasteiger partial charge in [-0.1, -0.05) is 0 Å². The Hall–Kier alpha value is -1.37. The summed E-state index contributed by atoms with van der Waals surface area (Å²) in [6.45, 7) is 1.77. The third-order valence-electron chi connectivity index (χ3n) is 2.31. The lowest BCUT2D eigenvalue weighted by Crippen LogP contribution is -2.33. The second-order valence-corrected chi connectivity index (χ2v) is 4.38. The average molecular weight is 286 g/mol. The maximum absolute atomic E-state index is 11.4. The first kappa shape index (κ1) is 11.1. The van der Waals surface area contributed by atoms with Gasteiger partial charge in [0.1, 0.15) is 5.82 Å². The number of carbonyl (C=O) groups is 1. The fourth-order valence-electron chi connectivity index (χ4n) is 1.58. The van der Waals surface area contributed by atoms with Gasteiger partial charge in [-0.05, 0) is 22.4 Å². The smallest absolute Gasteiger partial charge is 0.239 e. The van der Waals surface area contributed by atoms with E-state index in [1.54, 1.807) is 6.20 Å². The normalized spacial score (nSPS) is 16.8. The lowest BCUT2D eigenvalue weighted by Gasteiger charge is -2.21. The molecule has 6 nitrogen and oxygen atoms in total. The molecule has 86 valence electrons. The van der Waals surface area contributed by atoms with Gasteiger partial charge < -0.3 is 16.0 Å². The van der Waals surface area contributed by atoms with Gasteiger partial charge in [-0.15, -0.1) is 0 Å². The number of rotatable bonds is 1. The molecule has 1 fully saturated rings. The van der Waals surface area contributed by atoms with Crippen LogP contribution in [0.4, 0.5) is 11.8 Å². The zero-order valence-electron chi connectivity index (χ0n) is 8.61. The van der Waals surface area contributed by atoms with Crippen LogP contribution < -0.4 is 16.0 Å². The van der Waals surface area contributed by atoms with Crippen molar-refractivity contribution in [2.24, 2.45) is 0 Å². The van der Waals surface area contributed by atoms with Crippen LogP contribution in [0, 0.1) is 0 Å². The number of hydrogen-bond donors (Lipinski definition) is 2. The van der Waals surface area contributed by atoms with Crippen LogP contribution in [0.2, 0.25) is 0 Å². The number of anilines is 2. The summed E-state index contributed by atoms with van der Waals surface area (Å²) >= 11 is 3.36. The van der Waals surface area contributed by atoms with E-state index in [-0.39, 0.29) is 11.9 Å². The fraction of sp³-hybridized carbons (Fsp3) is 0.444. The molecule has 0 aliphatic carbocycles. The van der Waals surface area contributed by atoms with E-state index in [0.717, 1.165) is 17.4 Å². The first-order chi connectivity index (χ1) is 7.66. The average Bonchev–Trinajstić information content (AvgIpc) is 2.46. The van der Waals surface area contributed by atoms with Crippen LogP contribution in [0.3, 0.4) is 0 Å². The quantitative estimate of drug-likeness (QED) is 0.767. The number of hydrogen-bond acceptors (Lipinski definition) is 5. The molecule has 1 saturated heterocycles. The number of carbonyl (C=O) groups excluding carboxylic acids is 1. The number of halogens is 1. The molecule has 7 heteroatoms.